The molecule has 0 aliphatic carbocycles. The van der Waals surface area contributed by atoms with Gasteiger partial charge in [-0.05, 0) is 12.1 Å². The molecule has 1 aliphatic heterocycles. The number of hydrogen-bond acceptors (Lipinski definition) is 6. The van der Waals surface area contributed by atoms with Crippen LogP contribution in [0.2, 0.25) is 0 Å². The fraction of sp³-hybridized carbons (Fsp3) is 0.240. The highest BCUT2D eigenvalue weighted by atomic mass is 16.5. The highest BCUT2D eigenvalue weighted by Gasteiger charge is 2.31. The Kier molecular flexibility index (Phi) is 5.77. The Labute approximate surface area is 201 Å². The number of aromatic amines is 1. The van der Waals surface area contributed by atoms with E-state index in [4.69, 9.17) is 4.74 Å². The fourth-order valence-corrected chi connectivity index (χ4v) is 4.35. The van der Waals surface area contributed by atoms with Gasteiger partial charge >= 0.3 is 0 Å². The zero-order chi connectivity index (χ0) is 24.5. The average Bonchev–Trinajstić information content (AvgIpc) is 3.54. The van der Waals surface area contributed by atoms with Gasteiger partial charge in [-0.2, -0.15) is 0 Å². The molecule has 178 valence electrons. The van der Waals surface area contributed by atoms with Crippen molar-refractivity contribution in [3.8, 4) is 17.3 Å². The molecule has 3 aromatic heterocycles. The zero-order valence-corrected chi connectivity index (χ0v) is 19.4. The van der Waals surface area contributed by atoms with Crippen LogP contribution in [-0.2, 0) is 11.8 Å². The molecule has 1 aliphatic rings. The van der Waals surface area contributed by atoms with E-state index in [1.165, 1.54) is 24.4 Å². The Bertz CT molecular complexity index is 1420. The van der Waals surface area contributed by atoms with E-state index in [1.54, 1.807) is 29.4 Å². The maximum Gasteiger partial charge on any atom is 0.295 e. The van der Waals surface area contributed by atoms with Crippen molar-refractivity contribution < 1.29 is 19.1 Å². The number of ketones is 1. The number of hydrogen-bond donors (Lipinski definition) is 1. The van der Waals surface area contributed by atoms with Crippen LogP contribution in [0.5, 0.6) is 5.75 Å². The summed E-state index contributed by atoms with van der Waals surface area (Å²) < 4.78 is 7.27. The van der Waals surface area contributed by atoms with Crippen LogP contribution >= 0.6 is 0 Å². The minimum atomic E-state index is -0.644. The van der Waals surface area contributed by atoms with Gasteiger partial charge in [0.15, 0.2) is 5.82 Å². The van der Waals surface area contributed by atoms with Crippen molar-refractivity contribution in [3.63, 3.8) is 0 Å². The minimum Gasteiger partial charge on any atom is -0.494 e. The number of aryl methyl sites for hydroxylation is 1. The van der Waals surface area contributed by atoms with Crippen LogP contribution in [0, 0.1) is 0 Å². The monoisotopic (exact) mass is 472 g/mol. The third-order valence-corrected chi connectivity index (χ3v) is 6.24. The van der Waals surface area contributed by atoms with Crippen LogP contribution in [0.3, 0.4) is 0 Å². The molecule has 1 N–H and O–H groups in total. The first-order valence-electron chi connectivity index (χ1n) is 11.2. The van der Waals surface area contributed by atoms with Crippen LogP contribution in [0.15, 0.2) is 55.1 Å². The molecule has 4 heterocycles. The van der Waals surface area contributed by atoms with Crippen LogP contribution < -0.4 is 4.74 Å². The molecule has 1 aromatic carbocycles. The second-order valence-corrected chi connectivity index (χ2v) is 8.27. The molecule has 10 heteroatoms. The van der Waals surface area contributed by atoms with Crippen LogP contribution in [0.4, 0.5) is 0 Å². The normalized spacial score (nSPS) is 13.8. The lowest BCUT2D eigenvalue weighted by Crippen LogP contribution is -2.52. The molecule has 4 aromatic rings. The summed E-state index contributed by atoms with van der Waals surface area (Å²) in [6, 6.07) is 9.02. The van der Waals surface area contributed by atoms with E-state index in [9.17, 15) is 14.4 Å². The number of imidazole rings is 1. The highest BCUT2D eigenvalue weighted by molar-refractivity contribution is 6.45. The van der Waals surface area contributed by atoms with Gasteiger partial charge < -0.3 is 24.1 Å². The van der Waals surface area contributed by atoms with Gasteiger partial charge in [-0.1, -0.05) is 18.2 Å². The number of methoxy groups -OCH3 is 1. The Morgan fingerprint density at radius 2 is 1.71 bits per heavy atom. The molecule has 35 heavy (non-hydrogen) atoms. The number of Topliss-reactive ketones (excluding diaryl/α,β-unsaturated/α-hetero) is 1. The molecule has 0 atom stereocenters. The molecular weight excluding hydrogens is 448 g/mol. The van der Waals surface area contributed by atoms with Crippen molar-refractivity contribution in [2.45, 2.75) is 0 Å². The molecule has 0 bridgehead atoms. The Morgan fingerprint density at radius 3 is 2.37 bits per heavy atom. The molecule has 0 radical (unpaired) electrons. The van der Waals surface area contributed by atoms with Gasteiger partial charge in [-0.25, -0.2) is 9.97 Å². The van der Waals surface area contributed by atoms with Crippen molar-refractivity contribution in [1.82, 2.24) is 29.3 Å². The third kappa shape index (κ3) is 3.92. The topological polar surface area (TPSA) is 113 Å². The van der Waals surface area contributed by atoms with Gasteiger partial charge in [0.25, 0.3) is 17.6 Å². The summed E-state index contributed by atoms with van der Waals surface area (Å²) in [6.07, 6.45) is 6.49. The second kappa shape index (κ2) is 9.05. The summed E-state index contributed by atoms with van der Waals surface area (Å²) in [5, 5.41) is 0.483. The van der Waals surface area contributed by atoms with Crippen molar-refractivity contribution in [1.29, 1.82) is 0 Å². The van der Waals surface area contributed by atoms with Crippen molar-refractivity contribution in [2.24, 2.45) is 7.05 Å². The van der Waals surface area contributed by atoms with E-state index in [-0.39, 0.29) is 24.6 Å². The standard InChI is InChI=1S/C25H24N6O4/c1-29-9-8-26-23(29)21-20-19(18(35-2)15-28-21)17(14-27-20)22(32)25(34)31-12-10-30(11-13-31)24(33)16-6-4-3-5-7-16/h3-9,14-15,27H,10-13H2,1-2H3. The van der Waals surface area contributed by atoms with Gasteiger partial charge in [0, 0.05) is 57.4 Å². The number of benzene rings is 1. The molecule has 5 rings (SSSR count). The number of pyridine rings is 1. The lowest BCUT2D eigenvalue weighted by Gasteiger charge is -2.34. The molecular formula is C25H24N6O4. The van der Waals surface area contributed by atoms with E-state index >= 15 is 0 Å². The van der Waals surface area contributed by atoms with Crippen molar-refractivity contribution in [2.75, 3.05) is 33.3 Å². The van der Waals surface area contributed by atoms with Crippen molar-refractivity contribution >= 4 is 28.5 Å². The number of H-pyrrole nitrogens is 1. The van der Waals surface area contributed by atoms with Crippen LogP contribution in [-0.4, -0.2) is 80.2 Å². The maximum absolute atomic E-state index is 13.3. The van der Waals surface area contributed by atoms with Gasteiger partial charge in [-0.3, -0.25) is 14.4 Å². The molecule has 10 nitrogen and oxygen atoms in total. The quantitative estimate of drug-likeness (QED) is 0.352. The van der Waals surface area contributed by atoms with E-state index in [0.29, 0.717) is 46.8 Å². The number of aromatic nitrogens is 4. The van der Waals surface area contributed by atoms with E-state index in [2.05, 4.69) is 15.0 Å². The fourth-order valence-electron chi connectivity index (χ4n) is 4.35. The number of rotatable bonds is 5. The van der Waals surface area contributed by atoms with Gasteiger partial charge in [0.2, 0.25) is 0 Å². The predicted molar refractivity (Wildman–Crippen MR) is 128 cm³/mol. The number of ether oxygens (including phenoxy) is 1. The predicted octanol–water partition coefficient (Wildman–Crippen LogP) is 2.14. The van der Waals surface area contributed by atoms with E-state index < -0.39 is 11.7 Å². The molecule has 1 saturated heterocycles. The van der Waals surface area contributed by atoms with Crippen molar-refractivity contribution in [3.05, 3.63) is 66.2 Å². The Morgan fingerprint density at radius 1 is 1.00 bits per heavy atom. The first-order valence-corrected chi connectivity index (χ1v) is 11.2. The summed E-state index contributed by atoms with van der Waals surface area (Å²) in [5.74, 6) is -0.345. The molecule has 1 fully saturated rings. The minimum absolute atomic E-state index is 0.0836. The number of carbonyl (C=O) groups excluding carboxylic acids is 3. The van der Waals surface area contributed by atoms with Crippen LogP contribution in [0.25, 0.3) is 22.4 Å². The Hall–Kier alpha value is -4.47. The summed E-state index contributed by atoms with van der Waals surface area (Å²) in [6.45, 7) is 1.28. The first-order chi connectivity index (χ1) is 17.0. The lowest BCUT2D eigenvalue weighted by atomic mass is 10.1. The number of amides is 2. The number of nitrogens with one attached hydrogen (secondary N) is 1. The highest BCUT2D eigenvalue weighted by Crippen LogP contribution is 2.34. The molecule has 0 spiro atoms. The number of fused-ring (bicyclic) bond motifs is 1. The number of nitrogens with zero attached hydrogens (tertiary/aromatic N) is 5. The van der Waals surface area contributed by atoms with Gasteiger partial charge in [-0.15, -0.1) is 0 Å². The molecule has 0 unspecified atom stereocenters. The zero-order valence-electron chi connectivity index (χ0n) is 19.4. The van der Waals surface area contributed by atoms with E-state index in [1.807, 2.05) is 29.8 Å². The number of carbonyl (C=O) groups is 3. The van der Waals surface area contributed by atoms with E-state index in [0.717, 1.165) is 0 Å². The average molecular weight is 473 g/mol. The molecule has 2 amide bonds. The second-order valence-electron chi connectivity index (χ2n) is 8.27. The SMILES string of the molecule is COc1cnc(-c2nccn2C)c2[nH]cc(C(=O)C(=O)N3CCN(C(=O)c4ccccc4)CC3)c12. The maximum atomic E-state index is 13.3. The molecule has 0 saturated carbocycles. The summed E-state index contributed by atoms with van der Waals surface area (Å²) >= 11 is 0. The number of piperazine rings is 1. The van der Waals surface area contributed by atoms with Gasteiger partial charge in [0.1, 0.15) is 11.4 Å². The summed E-state index contributed by atoms with van der Waals surface area (Å²) in [4.78, 5) is 54.2. The smallest absolute Gasteiger partial charge is 0.295 e. The lowest BCUT2D eigenvalue weighted by molar-refractivity contribution is -0.127. The first kappa shape index (κ1) is 22.3. The van der Waals surface area contributed by atoms with Crippen LogP contribution in [0.1, 0.15) is 20.7 Å². The third-order valence-electron chi connectivity index (χ3n) is 6.24. The summed E-state index contributed by atoms with van der Waals surface area (Å²) in [7, 11) is 3.34. The van der Waals surface area contributed by atoms with Gasteiger partial charge in [0.05, 0.1) is 29.8 Å². The summed E-state index contributed by atoms with van der Waals surface area (Å²) in [5.41, 5.74) is 1.93. The Balaban J connectivity index is 1.37. The largest absolute Gasteiger partial charge is 0.494 e.